The van der Waals surface area contributed by atoms with Gasteiger partial charge in [-0.1, -0.05) is 24.3 Å². The lowest BCUT2D eigenvalue weighted by atomic mass is 10.2. The molecule has 0 fully saturated rings. The molecule has 0 radical (unpaired) electrons. The normalized spacial score (nSPS) is 13.6. The second-order valence-electron chi connectivity index (χ2n) is 4.05. The topological polar surface area (TPSA) is 33.3 Å². The first-order valence-corrected chi connectivity index (χ1v) is 5.71. The van der Waals surface area contributed by atoms with Crippen molar-refractivity contribution in [3.8, 4) is 5.75 Å². The van der Waals surface area contributed by atoms with Crippen molar-refractivity contribution in [2.75, 3.05) is 17.2 Å². The minimum Gasteiger partial charge on any atom is -0.489 e. The van der Waals surface area contributed by atoms with Crippen LogP contribution in [-0.4, -0.2) is 12.8 Å². The van der Waals surface area contributed by atoms with Crippen LogP contribution in [0.25, 0.3) is 0 Å². The maximum atomic E-state index is 5.71. The maximum Gasteiger partial charge on any atom is 0.132 e. The van der Waals surface area contributed by atoms with Crippen molar-refractivity contribution >= 4 is 11.4 Å². The Balaban J connectivity index is 1.61. The molecular formula is C14H14N2O. The van der Waals surface area contributed by atoms with E-state index in [-0.39, 0.29) is 6.17 Å². The third kappa shape index (κ3) is 2.33. The third-order valence-corrected chi connectivity index (χ3v) is 2.70. The Bertz CT molecular complexity index is 477. The monoisotopic (exact) mass is 226 g/mol. The fourth-order valence-electron chi connectivity index (χ4n) is 1.92. The Labute approximate surface area is 100 Å². The Kier molecular flexibility index (Phi) is 2.58. The maximum absolute atomic E-state index is 5.71. The molecule has 3 rings (SSSR count). The molecule has 17 heavy (non-hydrogen) atoms. The number of fused-ring (bicyclic) bond motifs is 2. The van der Waals surface area contributed by atoms with Crippen LogP contribution in [-0.2, 0) is 0 Å². The molecule has 0 saturated heterocycles. The smallest absolute Gasteiger partial charge is 0.132 e. The van der Waals surface area contributed by atoms with E-state index in [1.165, 1.54) is 0 Å². The number of anilines is 2. The molecule has 2 aromatic rings. The zero-order chi connectivity index (χ0) is 11.5. The number of rotatable bonds is 3. The molecule has 2 aromatic carbocycles. The number of nitrogens with one attached hydrogen (secondary N) is 2. The summed E-state index contributed by atoms with van der Waals surface area (Å²) in [5.74, 6) is 0.894. The van der Waals surface area contributed by atoms with E-state index in [0.717, 1.165) is 17.1 Å². The van der Waals surface area contributed by atoms with Gasteiger partial charge in [0.1, 0.15) is 18.5 Å². The Morgan fingerprint density at radius 3 is 2.29 bits per heavy atom. The molecule has 2 N–H and O–H groups in total. The molecule has 1 aliphatic heterocycles. The van der Waals surface area contributed by atoms with Crippen molar-refractivity contribution in [1.82, 2.24) is 0 Å². The molecule has 3 heteroatoms. The Morgan fingerprint density at radius 2 is 1.59 bits per heavy atom. The fourth-order valence-corrected chi connectivity index (χ4v) is 1.92. The predicted octanol–water partition coefficient (Wildman–Crippen LogP) is 2.93. The lowest BCUT2D eigenvalue weighted by Crippen LogP contribution is -2.36. The molecule has 0 atom stereocenters. The van der Waals surface area contributed by atoms with Crippen LogP contribution < -0.4 is 15.4 Å². The van der Waals surface area contributed by atoms with E-state index < -0.39 is 0 Å². The molecule has 0 saturated carbocycles. The van der Waals surface area contributed by atoms with Gasteiger partial charge >= 0.3 is 0 Å². The van der Waals surface area contributed by atoms with Gasteiger partial charge in [0.05, 0.1) is 0 Å². The molecule has 0 amide bonds. The van der Waals surface area contributed by atoms with Crippen LogP contribution in [0.5, 0.6) is 5.75 Å². The summed E-state index contributed by atoms with van der Waals surface area (Å²) in [5, 5.41) is 6.70. The van der Waals surface area contributed by atoms with Gasteiger partial charge in [0.2, 0.25) is 0 Å². The van der Waals surface area contributed by atoms with Crippen molar-refractivity contribution in [1.29, 1.82) is 0 Å². The number of ether oxygens (including phenoxy) is 1. The molecule has 3 nitrogen and oxygen atoms in total. The van der Waals surface area contributed by atoms with Crippen molar-refractivity contribution < 1.29 is 4.74 Å². The van der Waals surface area contributed by atoms with Gasteiger partial charge in [-0.25, -0.2) is 0 Å². The second-order valence-corrected chi connectivity index (χ2v) is 4.05. The summed E-state index contributed by atoms with van der Waals surface area (Å²) in [5.41, 5.74) is 2.26. The lowest BCUT2D eigenvalue weighted by Gasteiger charge is -2.27. The first-order valence-electron chi connectivity index (χ1n) is 5.71. The van der Waals surface area contributed by atoms with Crippen molar-refractivity contribution in [2.24, 2.45) is 0 Å². The van der Waals surface area contributed by atoms with Gasteiger partial charge < -0.3 is 15.4 Å². The first kappa shape index (κ1) is 10.0. The van der Waals surface area contributed by atoms with E-state index in [0.29, 0.717) is 6.61 Å². The van der Waals surface area contributed by atoms with Gasteiger partial charge in [-0.15, -0.1) is 0 Å². The van der Waals surface area contributed by atoms with E-state index >= 15 is 0 Å². The second kappa shape index (κ2) is 4.37. The molecule has 86 valence electrons. The largest absolute Gasteiger partial charge is 0.489 e. The van der Waals surface area contributed by atoms with E-state index in [2.05, 4.69) is 28.8 Å². The summed E-state index contributed by atoms with van der Waals surface area (Å²) < 4.78 is 5.71. The average molecular weight is 226 g/mol. The number of hydrogen-bond donors (Lipinski definition) is 2. The number of para-hydroxylation sites is 1. The summed E-state index contributed by atoms with van der Waals surface area (Å²) >= 11 is 0. The fraction of sp³-hybridized carbons (Fsp3) is 0.143. The summed E-state index contributed by atoms with van der Waals surface area (Å²) in [7, 11) is 0. The zero-order valence-electron chi connectivity index (χ0n) is 9.39. The van der Waals surface area contributed by atoms with E-state index in [9.17, 15) is 0 Å². The van der Waals surface area contributed by atoms with Gasteiger partial charge in [-0.2, -0.15) is 0 Å². The molecule has 0 unspecified atom stereocenters. The molecule has 0 aromatic heterocycles. The lowest BCUT2D eigenvalue weighted by molar-refractivity contribution is 0.306. The van der Waals surface area contributed by atoms with Crippen LogP contribution in [0.3, 0.4) is 0 Å². The number of benzene rings is 2. The summed E-state index contributed by atoms with van der Waals surface area (Å²) in [6.45, 7) is 0.590. The van der Waals surface area contributed by atoms with Crippen LogP contribution in [0, 0.1) is 0 Å². The van der Waals surface area contributed by atoms with E-state index in [4.69, 9.17) is 4.74 Å². The highest BCUT2D eigenvalue weighted by atomic mass is 16.5. The van der Waals surface area contributed by atoms with Gasteiger partial charge in [0.25, 0.3) is 0 Å². The third-order valence-electron chi connectivity index (χ3n) is 2.70. The van der Waals surface area contributed by atoms with Gasteiger partial charge in [-0.05, 0) is 30.3 Å². The van der Waals surface area contributed by atoms with Crippen molar-refractivity contribution in [3.63, 3.8) is 0 Å². The quantitative estimate of drug-likeness (QED) is 0.844. The highest BCUT2D eigenvalue weighted by Crippen LogP contribution is 2.22. The zero-order valence-corrected chi connectivity index (χ0v) is 9.39. The summed E-state index contributed by atoms with van der Waals surface area (Å²) in [4.78, 5) is 0. The molecule has 0 spiro atoms. The Morgan fingerprint density at radius 1 is 0.882 bits per heavy atom. The van der Waals surface area contributed by atoms with Crippen LogP contribution in [0.15, 0.2) is 54.6 Å². The summed E-state index contributed by atoms with van der Waals surface area (Å²) in [6.07, 6.45) is 0.117. The average Bonchev–Trinajstić information content (AvgIpc) is 2.37. The molecule has 1 heterocycles. The predicted molar refractivity (Wildman–Crippen MR) is 69.4 cm³/mol. The van der Waals surface area contributed by atoms with Crippen LogP contribution >= 0.6 is 0 Å². The Hall–Kier alpha value is -2.16. The minimum atomic E-state index is 0.117. The van der Waals surface area contributed by atoms with E-state index in [1.807, 2.05) is 36.4 Å². The van der Waals surface area contributed by atoms with Gasteiger partial charge in [-0.3, -0.25) is 0 Å². The minimum absolute atomic E-state index is 0.117. The van der Waals surface area contributed by atoms with E-state index in [1.54, 1.807) is 0 Å². The molecule has 1 aliphatic rings. The van der Waals surface area contributed by atoms with Crippen LogP contribution in [0.2, 0.25) is 0 Å². The van der Waals surface area contributed by atoms with Crippen molar-refractivity contribution in [2.45, 2.75) is 6.17 Å². The summed E-state index contributed by atoms with van der Waals surface area (Å²) in [6, 6.07) is 18.1. The molecular weight excluding hydrogens is 212 g/mol. The van der Waals surface area contributed by atoms with Gasteiger partial charge in [0, 0.05) is 11.4 Å². The SMILES string of the molecule is c1ccc(OCC2Nc3cccc(c3)N2)cc1. The number of hydrogen-bond acceptors (Lipinski definition) is 3. The molecule has 2 bridgehead atoms. The highest BCUT2D eigenvalue weighted by Gasteiger charge is 2.14. The van der Waals surface area contributed by atoms with Gasteiger partial charge in [0.15, 0.2) is 0 Å². The van der Waals surface area contributed by atoms with Crippen LogP contribution in [0.4, 0.5) is 11.4 Å². The van der Waals surface area contributed by atoms with Crippen molar-refractivity contribution in [3.05, 3.63) is 54.6 Å². The first-order chi connectivity index (χ1) is 8.40. The standard InChI is InChI=1S/C14H14N2O/c1-2-7-13(8-3-1)17-10-14-15-11-5-4-6-12(9-11)16-14/h1-9,14-16H,10H2. The van der Waals surface area contributed by atoms with Crippen LogP contribution in [0.1, 0.15) is 0 Å². The molecule has 0 aliphatic carbocycles. The highest BCUT2D eigenvalue weighted by molar-refractivity contribution is 5.62.